The number of aliphatic carboxylic acids is 1. The van der Waals surface area contributed by atoms with E-state index in [1.54, 1.807) is 18.2 Å². The smallest absolute Gasteiger partial charge is 0.313 e. The molecule has 0 fully saturated rings. The van der Waals surface area contributed by atoms with E-state index in [1.165, 1.54) is 6.08 Å². The van der Waals surface area contributed by atoms with E-state index in [9.17, 15) is 15.0 Å². The summed E-state index contributed by atoms with van der Waals surface area (Å²) in [5, 5.41) is 20.7. The highest BCUT2D eigenvalue weighted by atomic mass is 16.5. The van der Waals surface area contributed by atoms with E-state index in [4.69, 9.17) is 4.74 Å². The fourth-order valence-corrected chi connectivity index (χ4v) is 3.29. The minimum atomic E-state index is -1.52. The second-order valence-corrected chi connectivity index (χ2v) is 6.48. The lowest BCUT2D eigenvalue weighted by molar-refractivity contribution is -0.147. The maximum Gasteiger partial charge on any atom is 0.313 e. The Morgan fingerprint density at radius 2 is 1.81 bits per heavy atom. The number of rotatable bonds is 6. The molecule has 4 nitrogen and oxygen atoms in total. The predicted molar refractivity (Wildman–Crippen MR) is 100.0 cm³/mol. The van der Waals surface area contributed by atoms with Crippen LogP contribution in [0.1, 0.15) is 24.0 Å². The van der Waals surface area contributed by atoms with E-state index < -0.39 is 23.4 Å². The van der Waals surface area contributed by atoms with Crippen LogP contribution in [0.15, 0.2) is 78.9 Å². The van der Waals surface area contributed by atoms with Crippen molar-refractivity contribution in [2.75, 3.05) is 0 Å². The molecular weight excluding hydrogens is 328 g/mol. The molecule has 0 saturated carbocycles. The quantitative estimate of drug-likeness (QED) is 0.828. The van der Waals surface area contributed by atoms with Crippen molar-refractivity contribution in [3.05, 3.63) is 90.0 Å². The molecular formula is C22H22O4. The van der Waals surface area contributed by atoms with Gasteiger partial charge in [0.05, 0.1) is 0 Å². The number of aliphatic hydroxyl groups is 1. The van der Waals surface area contributed by atoms with E-state index in [0.29, 0.717) is 12.4 Å². The fraction of sp³-hybridized carbons (Fsp3) is 0.227. The Morgan fingerprint density at radius 3 is 2.54 bits per heavy atom. The zero-order chi connectivity index (χ0) is 18.6. The Morgan fingerprint density at radius 1 is 1.12 bits per heavy atom. The van der Waals surface area contributed by atoms with E-state index in [1.807, 2.05) is 61.5 Å². The van der Waals surface area contributed by atoms with Gasteiger partial charge in [0.2, 0.25) is 0 Å². The second kappa shape index (κ2) is 7.58. The summed E-state index contributed by atoms with van der Waals surface area (Å²) in [6.07, 6.45) is 6.41. The molecule has 3 rings (SSSR count). The summed E-state index contributed by atoms with van der Waals surface area (Å²) in [4.78, 5) is 11.6. The predicted octanol–water partition coefficient (Wildman–Crippen LogP) is 3.93. The maximum absolute atomic E-state index is 11.6. The number of para-hydroxylation sites is 1. The van der Waals surface area contributed by atoms with Gasteiger partial charge in [0.15, 0.2) is 0 Å². The van der Waals surface area contributed by atoms with Gasteiger partial charge in [0.25, 0.3) is 0 Å². The minimum Gasteiger partial charge on any atom is -0.489 e. The number of hydrogen-bond acceptors (Lipinski definition) is 3. The molecule has 26 heavy (non-hydrogen) atoms. The van der Waals surface area contributed by atoms with Gasteiger partial charge in [-0.15, -0.1) is 0 Å². The number of benzene rings is 2. The average molecular weight is 350 g/mol. The van der Waals surface area contributed by atoms with E-state index in [0.717, 1.165) is 11.1 Å². The van der Waals surface area contributed by atoms with Crippen LogP contribution in [0, 0.1) is 5.92 Å². The van der Waals surface area contributed by atoms with Gasteiger partial charge in [-0.25, -0.2) is 0 Å². The van der Waals surface area contributed by atoms with Crippen LogP contribution in [0.3, 0.4) is 0 Å². The fourth-order valence-electron chi connectivity index (χ4n) is 3.29. The van der Waals surface area contributed by atoms with Crippen molar-refractivity contribution in [2.45, 2.75) is 25.0 Å². The molecule has 0 heterocycles. The molecule has 0 aromatic heterocycles. The highest BCUT2D eigenvalue weighted by Crippen LogP contribution is 2.41. The van der Waals surface area contributed by atoms with Crippen LogP contribution in [-0.2, 0) is 11.4 Å². The lowest BCUT2D eigenvalue weighted by atomic mass is 9.72. The molecule has 0 saturated heterocycles. The Bertz CT molecular complexity index is 825. The van der Waals surface area contributed by atoms with Gasteiger partial charge < -0.3 is 14.9 Å². The van der Waals surface area contributed by atoms with E-state index >= 15 is 0 Å². The van der Waals surface area contributed by atoms with Gasteiger partial charge in [-0.1, -0.05) is 79.8 Å². The van der Waals surface area contributed by atoms with Crippen molar-refractivity contribution >= 4 is 5.97 Å². The Labute approximate surface area is 153 Å². The first-order valence-corrected chi connectivity index (χ1v) is 8.59. The average Bonchev–Trinajstić information content (AvgIpc) is 2.67. The molecule has 2 aromatic rings. The molecule has 2 N–H and O–H groups in total. The lowest BCUT2D eigenvalue weighted by Crippen LogP contribution is -2.45. The molecule has 1 aliphatic carbocycles. The van der Waals surface area contributed by atoms with Crippen molar-refractivity contribution in [1.82, 2.24) is 0 Å². The Balaban J connectivity index is 1.88. The van der Waals surface area contributed by atoms with Crippen molar-refractivity contribution in [2.24, 2.45) is 5.92 Å². The van der Waals surface area contributed by atoms with Crippen LogP contribution in [-0.4, -0.2) is 21.8 Å². The Kier molecular flexibility index (Phi) is 5.24. The van der Waals surface area contributed by atoms with Gasteiger partial charge in [0, 0.05) is 11.5 Å². The number of carbonyl (C=O) groups is 1. The van der Waals surface area contributed by atoms with Gasteiger partial charge in [-0.05, 0) is 11.6 Å². The van der Waals surface area contributed by atoms with Crippen molar-refractivity contribution in [1.29, 1.82) is 0 Å². The first kappa shape index (κ1) is 18.0. The van der Waals surface area contributed by atoms with Crippen LogP contribution >= 0.6 is 0 Å². The number of carboxylic acid groups (broad SMARTS) is 1. The summed E-state index contributed by atoms with van der Waals surface area (Å²) in [7, 11) is 0. The van der Waals surface area contributed by atoms with E-state index in [2.05, 4.69) is 0 Å². The SMILES string of the molecule is CC(c1ccccc1OCc1ccccc1)C1(O)C=CC=CC1C(=O)O. The number of ether oxygens (including phenoxy) is 1. The van der Waals surface area contributed by atoms with Crippen LogP contribution in [0.25, 0.3) is 0 Å². The molecule has 0 spiro atoms. The van der Waals surface area contributed by atoms with Gasteiger partial charge in [0.1, 0.15) is 23.9 Å². The summed E-state index contributed by atoms with van der Waals surface area (Å²) in [6, 6.07) is 17.3. The summed E-state index contributed by atoms with van der Waals surface area (Å²) in [5.41, 5.74) is 0.294. The van der Waals surface area contributed by atoms with Crippen LogP contribution < -0.4 is 4.74 Å². The molecule has 0 aliphatic heterocycles. The number of carboxylic acids is 1. The van der Waals surface area contributed by atoms with Gasteiger partial charge in [-0.2, -0.15) is 0 Å². The Hall–Kier alpha value is -2.85. The molecule has 0 amide bonds. The summed E-state index contributed by atoms with van der Waals surface area (Å²) in [6.45, 7) is 2.23. The molecule has 0 bridgehead atoms. The summed E-state index contributed by atoms with van der Waals surface area (Å²) >= 11 is 0. The van der Waals surface area contributed by atoms with Crippen LogP contribution in [0.2, 0.25) is 0 Å². The molecule has 1 aliphatic rings. The maximum atomic E-state index is 11.6. The van der Waals surface area contributed by atoms with Crippen molar-refractivity contribution < 1.29 is 19.7 Å². The second-order valence-electron chi connectivity index (χ2n) is 6.48. The minimum absolute atomic E-state index is 0.404. The largest absolute Gasteiger partial charge is 0.489 e. The zero-order valence-electron chi connectivity index (χ0n) is 14.6. The van der Waals surface area contributed by atoms with Gasteiger partial charge >= 0.3 is 5.97 Å². The molecule has 3 unspecified atom stereocenters. The number of allylic oxidation sites excluding steroid dienone is 2. The third-order valence-corrected chi connectivity index (χ3v) is 4.86. The highest BCUT2D eigenvalue weighted by molar-refractivity contribution is 5.75. The van der Waals surface area contributed by atoms with Crippen molar-refractivity contribution in [3.8, 4) is 5.75 Å². The van der Waals surface area contributed by atoms with Crippen molar-refractivity contribution in [3.63, 3.8) is 0 Å². The van der Waals surface area contributed by atoms with Crippen LogP contribution in [0.5, 0.6) is 5.75 Å². The third-order valence-electron chi connectivity index (χ3n) is 4.86. The summed E-state index contributed by atoms with van der Waals surface area (Å²) in [5.74, 6) is -1.88. The van der Waals surface area contributed by atoms with E-state index in [-0.39, 0.29) is 0 Å². The monoisotopic (exact) mass is 350 g/mol. The normalized spacial score (nSPS) is 22.8. The third kappa shape index (κ3) is 3.55. The molecule has 0 radical (unpaired) electrons. The van der Waals surface area contributed by atoms with Gasteiger partial charge in [-0.3, -0.25) is 4.79 Å². The summed E-state index contributed by atoms with van der Waals surface area (Å²) < 4.78 is 5.98. The molecule has 2 aromatic carbocycles. The first-order valence-electron chi connectivity index (χ1n) is 8.59. The molecule has 4 heteroatoms. The molecule has 3 atom stereocenters. The zero-order valence-corrected chi connectivity index (χ0v) is 14.6. The first-order chi connectivity index (χ1) is 12.5. The number of hydrogen-bond donors (Lipinski definition) is 2. The standard InChI is InChI=1S/C22H22O4/c1-16(22(25)14-8-7-12-19(22)21(23)24)18-11-5-6-13-20(18)26-15-17-9-3-2-4-10-17/h2-14,16,19,25H,15H2,1H3,(H,23,24). The highest BCUT2D eigenvalue weighted by Gasteiger charge is 2.44. The molecule has 134 valence electrons. The lowest BCUT2D eigenvalue weighted by Gasteiger charge is -2.37. The van der Waals surface area contributed by atoms with Crippen LogP contribution in [0.4, 0.5) is 0 Å². The topological polar surface area (TPSA) is 66.8 Å².